The second kappa shape index (κ2) is 15.1. The van der Waals surface area contributed by atoms with Gasteiger partial charge in [0, 0.05) is 0 Å². The van der Waals surface area contributed by atoms with Crippen LogP contribution in [0, 0.1) is 24.4 Å². The molecule has 0 aliphatic rings. The van der Waals surface area contributed by atoms with E-state index in [1.54, 1.807) is 19.1 Å². The maximum absolute atomic E-state index is 14.0. The summed E-state index contributed by atoms with van der Waals surface area (Å²) in [7, 11) is 0. The van der Waals surface area contributed by atoms with Gasteiger partial charge in [0.2, 0.25) is 0 Å². The van der Waals surface area contributed by atoms with E-state index >= 15 is 0 Å². The number of halogens is 3. The van der Waals surface area contributed by atoms with Gasteiger partial charge in [0.25, 0.3) is 0 Å². The van der Waals surface area contributed by atoms with E-state index in [4.69, 9.17) is 0 Å². The Morgan fingerprint density at radius 1 is 0.319 bits per heavy atom. The second-order valence-corrected chi connectivity index (χ2v) is 12.4. The molecule has 0 unspecified atom stereocenters. The maximum atomic E-state index is 14.0. The van der Waals surface area contributed by atoms with Gasteiger partial charge in [-0.1, -0.05) is 135 Å². The molecule has 6 rings (SSSR count). The van der Waals surface area contributed by atoms with Gasteiger partial charge in [0.1, 0.15) is 5.82 Å². The Bertz CT molecular complexity index is 1760. The van der Waals surface area contributed by atoms with Crippen LogP contribution in [-0.2, 0) is 12.8 Å². The summed E-state index contributed by atoms with van der Waals surface area (Å²) >= 11 is 0. The summed E-state index contributed by atoms with van der Waals surface area (Å²) in [6.45, 7) is 1.78. The molecule has 6 aromatic rings. The number of rotatable bonds is 12. The average Bonchev–Trinajstić information content (AvgIpc) is 3.11. The van der Waals surface area contributed by atoms with Gasteiger partial charge in [-0.05, 0) is 112 Å². The molecule has 0 amide bonds. The second-order valence-electron chi connectivity index (χ2n) is 12.4. The van der Waals surface area contributed by atoms with Crippen LogP contribution in [0.2, 0.25) is 0 Å². The summed E-state index contributed by atoms with van der Waals surface area (Å²) in [5, 5.41) is 0. The van der Waals surface area contributed by atoms with Gasteiger partial charge in [-0.2, -0.15) is 0 Å². The van der Waals surface area contributed by atoms with E-state index in [2.05, 4.69) is 72.8 Å². The molecule has 0 aliphatic heterocycles. The molecule has 6 aromatic carbocycles. The fourth-order valence-electron chi connectivity index (χ4n) is 6.07. The first-order valence-corrected chi connectivity index (χ1v) is 16.5. The average molecular weight is 625 g/mol. The summed E-state index contributed by atoms with van der Waals surface area (Å²) in [5.74, 6) is -1.83. The molecule has 0 nitrogen and oxygen atoms in total. The van der Waals surface area contributed by atoms with Gasteiger partial charge in [0.15, 0.2) is 11.6 Å². The third-order valence-corrected chi connectivity index (χ3v) is 9.03. The Hall–Kier alpha value is -4.89. The van der Waals surface area contributed by atoms with Crippen LogP contribution in [0.15, 0.2) is 133 Å². The highest BCUT2D eigenvalue weighted by molar-refractivity contribution is 5.72. The first kappa shape index (κ1) is 32.1. The summed E-state index contributed by atoms with van der Waals surface area (Å²) in [5.41, 5.74) is 11.4. The van der Waals surface area contributed by atoms with Gasteiger partial charge >= 0.3 is 0 Å². The lowest BCUT2D eigenvalue weighted by atomic mass is 9.97. The number of benzene rings is 6. The van der Waals surface area contributed by atoms with Gasteiger partial charge < -0.3 is 0 Å². The van der Waals surface area contributed by atoms with E-state index in [0.717, 1.165) is 40.7 Å². The van der Waals surface area contributed by atoms with Crippen LogP contribution < -0.4 is 0 Å². The van der Waals surface area contributed by atoms with E-state index in [1.165, 1.54) is 66.5 Å². The molecular weight excluding hydrogens is 585 g/mol. The maximum Gasteiger partial charge on any atom is 0.159 e. The van der Waals surface area contributed by atoms with Crippen LogP contribution in [0.25, 0.3) is 44.5 Å². The van der Waals surface area contributed by atoms with Crippen LogP contribution in [-0.4, -0.2) is 0 Å². The van der Waals surface area contributed by atoms with Gasteiger partial charge in [-0.3, -0.25) is 0 Å². The van der Waals surface area contributed by atoms with E-state index in [-0.39, 0.29) is 5.82 Å². The highest BCUT2D eigenvalue weighted by Crippen LogP contribution is 2.28. The minimum atomic E-state index is -0.830. The summed E-state index contributed by atoms with van der Waals surface area (Å²) in [4.78, 5) is 0. The first-order chi connectivity index (χ1) is 22.9. The quantitative estimate of drug-likeness (QED) is 0.119. The van der Waals surface area contributed by atoms with E-state index < -0.39 is 11.6 Å². The number of hydrogen-bond donors (Lipinski definition) is 0. The molecule has 0 atom stereocenters. The van der Waals surface area contributed by atoms with Crippen LogP contribution in [0.1, 0.15) is 48.8 Å². The van der Waals surface area contributed by atoms with E-state index in [9.17, 15) is 13.2 Å². The molecule has 236 valence electrons. The molecule has 3 heteroatoms. The summed E-state index contributed by atoms with van der Waals surface area (Å²) in [6, 6.07) is 43.3. The fourth-order valence-corrected chi connectivity index (χ4v) is 6.07. The standard InChI is InChI=1S/C44H39F3/c1-31-9-14-40(29-43(31)46)38-23-19-36(20-24-38)34-15-10-32(11-16-34)7-5-3-2-4-6-8-33-12-17-35(18-13-33)37-21-25-39(26-22-37)41-27-28-42(45)44(47)30-41/h9-30H,2-8H2,1H3. The van der Waals surface area contributed by atoms with Gasteiger partial charge in [-0.25, -0.2) is 13.2 Å². The Balaban J connectivity index is 0.894. The molecule has 0 bridgehead atoms. The van der Waals surface area contributed by atoms with Crippen LogP contribution in [0.5, 0.6) is 0 Å². The molecule has 0 aliphatic carbocycles. The number of aryl methyl sites for hydroxylation is 3. The van der Waals surface area contributed by atoms with Crippen molar-refractivity contribution in [2.24, 2.45) is 0 Å². The Labute approximate surface area is 276 Å². The highest BCUT2D eigenvalue weighted by atomic mass is 19.2. The topological polar surface area (TPSA) is 0 Å². The molecule has 0 fully saturated rings. The van der Waals surface area contributed by atoms with Crippen LogP contribution in [0.4, 0.5) is 13.2 Å². The monoisotopic (exact) mass is 624 g/mol. The predicted octanol–water partition coefficient (Wildman–Crippen LogP) is 12.8. The van der Waals surface area contributed by atoms with Crippen molar-refractivity contribution in [2.75, 3.05) is 0 Å². The Morgan fingerprint density at radius 2 is 0.638 bits per heavy atom. The third kappa shape index (κ3) is 8.29. The molecule has 0 aromatic heterocycles. The molecular formula is C44H39F3. The van der Waals surface area contributed by atoms with Gasteiger partial charge in [-0.15, -0.1) is 0 Å². The summed E-state index contributed by atoms with van der Waals surface area (Å²) < 4.78 is 40.8. The number of hydrogen-bond acceptors (Lipinski definition) is 0. The highest BCUT2D eigenvalue weighted by Gasteiger charge is 2.07. The van der Waals surface area contributed by atoms with E-state index in [0.29, 0.717) is 11.1 Å². The molecule has 47 heavy (non-hydrogen) atoms. The van der Waals surface area contributed by atoms with Gasteiger partial charge in [0.05, 0.1) is 0 Å². The molecule has 0 radical (unpaired) electrons. The van der Waals surface area contributed by atoms with Crippen molar-refractivity contribution in [1.29, 1.82) is 0 Å². The first-order valence-electron chi connectivity index (χ1n) is 16.5. The van der Waals surface area contributed by atoms with E-state index in [1.807, 2.05) is 36.4 Å². The zero-order valence-electron chi connectivity index (χ0n) is 26.8. The Kier molecular flexibility index (Phi) is 10.3. The third-order valence-electron chi connectivity index (χ3n) is 9.03. The molecule has 0 spiro atoms. The Morgan fingerprint density at radius 3 is 1.04 bits per heavy atom. The SMILES string of the molecule is Cc1ccc(-c2ccc(-c3ccc(CCCCCCCc4ccc(-c5ccc(-c6ccc(F)c(F)c6)cc5)cc4)cc3)cc2)cc1F. The van der Waals surface area contributed by atoms with Crippen molar-refractivity contribution < 1.29 is 13.2 Å². The minimum Gasteiger partial charge on any atom is -0.207 e. The lowest BCUT2D eigenvalue weighted by Crippen LogP contribution is -1.89. The van der Waals surface area contributed by atoms with Crippen molar-refractivity contribution in [2.45, 2.75) is 51.9 Å². The van der Waals surface area contributed by atoms with Crippen molar-refractivity contribution in [3.05, 3.63) is 168 Å². The summed E-state index contributed by atoms with van der Waals surface area (Å²) in [6.07, 6.45) is 8.29. The van der Waals surface area contributed by atoms with Crippen molar-refractivity contribution >= 4 is 0 Å². The normalized spacial score (nSPS) is 11.1. The zero-order valence-corrected chi connectivity index (χ0v) is 26.8. The number of unbranched alkanes of at least 4 members (excludes halogenated alkanes) is 4. The largest absolute Gasteiger partial charge is 0.207 e. The van der Waals surface area contributed by atoms with Crippen molar-refractivity contribution in [1.82, 2.24) is 0 Å². The molecule has 0 saturated heterocycles. The van der Waals surface area contributed by atoms with Crippen molar-refractivity contribution in [3.8, 4) is 44.5 Å². The fraction of sp³-hybridized carbons (Fsp3) is 0.182. The lowest BCUT2D eigenvalue weighted by molar-refractivity contribution is 0.509. The predicted molar refractivity (Wildman–Crippen MR) is 190 cm³/mol. The lowest BCUT2D eigenvalue weighted by Gasteiger charge is -2.08. The molecule has 0 saturated carbocycles. The van der Waals surface area contributed by atoms with Crippen molar-refractivity contribution in [3.63, 3.8) is 0 Å². The molecule has 0 heterocycles. The molecule has 0 N–H and O–H groups in total. The smallest absolute Gasteiger partial charge is 0.159 e. The van der Waals surface area contributed by atoms with Crippen LogP contribution in [0.3, 0.4) is 0 Å². The minimum absolute atomic E-state index is 0.170. The zero-order chi connectivity index (χ0) is 32.6. The van der Waals surface area contributed by atoms with Crippen LogP contribution >= 0.6 is 0 Å².